The molecule has 1 aliphatic rings. The normalized spacial score (nSPS) is 17.8. The maximum Gasteiger partial charge on any atom is 0.432 e. The second-order valence-corrected chi connectivity index (χ2v) is 7.73. The number of carbonyl (C=O) groups excluding carboxylic acids is 1. The number of benzene rings is 1. The zero-order chi connectivity index (χ0) is 24.4. The summed E-state index contributed by atoms with van der Waals surface area (Å²) in [4.78, 5) is 16.4. The molecule has 3 rings (SSSR count). The third-order valence-corrected chi connectivity index (χ3v) is 5.17. The Labute approximate surface area is 182 Å². The highest BCUT2D eigenvalue weighted by Crippen LogP contribution is 2.38. The number of aliphatic imine (C=N–C) groups is 1. The lowest BCUT2D eigenvalue weighted by Crippen LogP contribution is -2.34. The number of rotatable bonds is 4. The lowest BCUT2D eigenvalue weighted by atomic mass is 9.84. The van der Waals surface area contributed by atoms with Gasteiger partial charge >= 0.3 is 12.4 Å². The van der Waals surface area contributed by atoms with Crippen LogP contribution in [0.1, 0.15) is 53.7 Å². The summed E-state index contributed by atoms with van der Waals surface area (Å²) in [6.45, 7) is 0. The molecule has 0 bridgehead atoms. The molecule has 2 aromatic rings. The Morgan fingerprint density at radius 3 is 2.18 bits per heavy atom. The van der Waals surface area contributed by atoms with Crippen molar-refractivity contribution in [2.24, 2.45) is 10.9 Å². The SMILES string of the molecule is O=C(NC(CC1CCC(F)(F)CC1)=Nc1cc(C(F)(F)F)[nH]n1)c1ccc(C(F)(F)F)cc1. The van der Waals surface area contributed by atoms with E-state index in [9.17, 15) is 39.9 Å². The number of halogens is 8. The molecule has 0 aliphatic heterocycles. The summed E-state index contributed by atoms with van der Waals surface area (Å²) in [7, 11) is 0. The van der Waals surface area contributed by atoms with Gasteiger partial charge in [0, 0.05) is 30.9 Å². The quantitative estimate of drug-likeness (QED) is 0.313. The van der Waals surface area contributed by atoms with E-state index in [0.29, 0.717) is 18.2 Å². The molecule has 13 heteroatoms. The van der Waals surface area contributed by atoms with Crippen LogP contribution >= 0.6 is 0 Å². The van der Waals surface area contributed by atoms with E-state index in [0.717, 1.165) is 12.1 Å². The van der Waals surface area contributed by atoms with E-state index in [-0.39, 0.29) is 49.4 Å². The zero-order valence-corrected chi connectivity index (χ0v) is 16.8. The van der Waals surface area contributed by atoms with E-state index in [4.69, 9.17) is 0 Å². The molecule has 1 amide bonds. The Kier molecular flexibility index (Phi) is 6.80. The Balaban J connectivity index is 1.80. The first-order valence-corrected chi connectivity index (χ1v) is 9.79. The number of hydrogen-bond donors (Lipinski definition) is 2. The average molecular weight is 482 g/mol. The van der Waals surface area contributed by atoms with Crippen molar-refractivity contribution in [3.63, 3.8) is 0 Å². The Morgan fingerprint density at radius 2 is 1.67 bits per heavy atom. The zero-order valence-electron chi connectivity index (χ0n) is 16.8. The van der Waals surface area contributed by atoms with E-state index in [1.54, 1.807) is 5.10 Å². The topological polar surface area (TPSA) is 70.1 Å². The molecular formula is C20H18F8N4O. The smallest absolute Gasteiger partial charge is 0.310 e. The molecule has 33 heavy (non-hydrogen) atoms. The first-order chi connectivity index (χ1) is 15.2. The van der Waals surface area contributed by atoms with E-state index >= 15 is 0 Å². The lowest BCUT2D eigenvalue weighted by Gasteiger charge is -2.28. The minimum Gasteiger partial charge on any atom is -0.310 e. The largest absolute Gasteiger partial charge is 0.432 e. The third kappa shape index (κ3) is 6.75. The molecule has 1 aromatic heterocycles. The second-order valence-electron chi connectivity index (χ2n) is 7.73. The summed E-state index contributed by atoms with van der Waals surface area (Å²) < 4.78 is 103. The summed E-state index contributed by atoms with van der Waals surface area (Å²) >= 11 is 0. The van der Waals surface area contributed by atoms with Gasteiger partial charge in [-0.1, -0.05) is 0 Å². The number of hydrogen-bond acceptors (Lipinski definition) is 3. The third-order valence-electron chi connectivity index (χ3n) is 5.17. The highest BCUT2D eigenvalue weighted by Gasteiger charge is 2.36. The van der Waals surface area contributed by atoms with Crippen molar-refractivity contribution in [1.29, 1.82) is 0 Å². The van der Waals surface area contributed by atoms with Crippen LogP contribution in [0.15, 0.2) is 35.3 Å². The fraction of sp³-hybridized carbons (Fsp3) is 0.450. The van der Waals surface area contributed by atoms with Gasteiger partial charge in [-0.15, -0.1) is 0 Å². The van der Waals surface area contributed by atoms with Gasteiger partial charge in [0.05, 0.1) is 5.56 Å². The number of H-pyrrole nitrogens is 1. The molecule has 0 atom stereocenters. The number of nitrogens with one attached hydrogen (secondary N) is 2. The van der Waals surface area contributed by atoms with Crippen LogP contribution in [0.25, 0.3) is 0 Å². The van der Waals surface area contributed by atoms with Crippen LogP contribution in [-0.4, -0.2) is 27.9 Å². The molecule has 1 saturated carbocycles. The Bertz CT molecular complexity index is 998. The predicted octanol–water partition coefficient (Wildman–Crippen LogP) is 6.12. The van der Waals surface area contributed by atoms with Gasteiger partial charge in [0.25, 0.3) is 5.91 Å². The molecule has 0 spiro atoms. The minimum absolute atomic E-state index is 0.0311. The van der Waals surface area contributed by atoms with Gasteiger partial charge in [-0.25, -0.2) is 13.8 Å². The van der Waals surface area contributed by atoms with Crippen molar-refractivity contribution in [1.82, 2.24) is 15.5 Å². The maximum absolute atomic E-state index is 13.4. The molecule has 5 nitrogen and oxygen atoms in total. The summed E-state index contributed by atoms with van der Waals surface area (Å²) in [5.74, 6) is -4.50. The maximum atomic E-state index is 13.4. The van der Waals surface area contributed by atoms with Gasteiger partial charge in [0.15, 0.2) is 5.82 Å². The van der Waals surface area contributed by atoms with E-state index in [1.165, 1.54) is 0 Å². The Hall–Kier alpha value is -2.99. The van der Waals surface area contributed by atoms with E-state index < -0.39 is 41.3 Å². The summed E-state index contributed by atoms with van der Waals surface area (Å²) in [6, 6.07) is 3.90. The molecule has 1 fully saturated rings. The predicted molar refractivity (Wildman–Crippen MR) is 101 cm³/mol. The fourth-order valence-corrected chi connectivity index (χ4v) is 3.37. The molecular weight excluding hydrogens is 464 g/mol. The highest BCUT2D eigenvalue weighted by molar-refractivity contribution is 6.07. The number of amides is 1. The molecule has 180 valence electrons. The van der Waals surface area contributed by atoms with Crippen molar-refractivity contribution >= 4 is 17.6 Å². The van der Waals surface area contributed by atoms with Crippen molar-refractivity contribution in [2.45, 2.75) is 50.4 Å². The highest BCUT2D eigenvalue weighted by atomic mass is 19.4. The van der Waals surface area contributed by atoms with Crippen molar-refractivity contribution in [2.75, 3.05) is 0 Å². The van der Waals surface area contributed by atoms with E-state index in [2.05, 4.69) is 15.4 Å². The van der Waals surface area contributed by atoms with Crippen LogP contribution in [-0.2, 0) is 12.4 Å². The van der Waals surface area contributed by atoms with Crippen molar-refractivity contribution < 1.29 is 39.9 Å². The molecule has 1 aromatic carbocycles. The number of nitrogens with zero attached hydrogens (tertiary/aromatic N) is 2. The van der Waals surface area contributed by atoms with Gasteiger partial charge < -0.3 is 5.32 Å². The van der Waals surface area contributed by atoms with Crippen LogP contribution in [0.2, 0.25) is 0 Å². The van der Waals surface area contributed by atoms with Gasteiger partial charge in [0.2, 0.25) is 5.92 Å². The molecule has 2 N–H and O–H groups in total. The molecule has 1 heterocycles. The number of alkyl halides is 8. The van der Waals surface area contributed by atoms with Crippen LogP contribution in [0, 0.1) is 5.92 Å². The number of aromatic nitrogens is 2. The first-order valence-electron chi connectivity index (χ1n) is 9.79. The summed E-state index contributed by atoms with van der Waals surface area (Å²) in [5, 5.41) is 7.56. The van der Waals surface area contributed by atoms with Crippen molar-refractivity contribution in [3.05, 3.63) is 47.2 Å². The molecule has 0 unspecified atom stereocenters. The molecule has 0 radical (unpaired) electrons. The number of carbonyl (C=O) groups is 1. The number of aromatic amines is 1. The summed E-state index contributed by atoms with van der Waals surface area (Å²) in [5.41, 5.74) is -2.29. The van der Waals surface area contributed by atoms with Crippen LogP contribution in [0.4, 0.5) is 40.9 Å². The first kappa shape index (κ1) is 24.6. The van der Waals surface area contributed by atoms with Crippen molar-refractivity contribution in [3.8, 4) is 0 Å². The standard InChI is InChI=1S/C20H18F8N4O/c21-18(22)7-5-11(6-8-18)9-15(29-16-10-14(31-32-16)20(26,27)28)30-17(33)12-1-3-13(4-2-12)19(23,24)25/h1-4,10-11H,5-9H2,(H2,29,30,31,32,33). The lowest BCUT2D eigenvalue weighted by molar-refractivity contribution is -0.141. The van der Waals surface area contributed by atoms with Gasteiger partial charge in [0.1, 0.15) is 11.5 Å². The number of amidine groups is 1. The average Bonchev–Trinajstić information content (AvgIpc) is 3.18. The molecule has 1 aliphatic carbocycles. The fourth-order valence-electron chi connectivity index (χ4n) is 3.37. The van der Waals surface area contributed by atoms with Gasteiger partial charge in [-0.2, -0.15) is 31.4 Å². The second kappa shape index (κ2) is 9.10. The summed E-state index contributed by atoms with van der Waals surface area (Å²) in [6.07, 6.45) is -9.87. The Morgan fingerprint density at radius 1 is 1.06 bits per heavy atom. The molecule has 0 saturated heterocycles. The van der Waals surface area contributed by atoms with Gasteiger partial charge in [-0.3, -0.25) is 9.89 Å². The van der Waals surface area contributed by atoms with Crippen LogP contribution in [0.5, 0.6) is 0 Å². The van der Waals surface area contributed by atoms with Crippen LogP contribution in [0.3, 0.4) is 0 Å². The van der Waals surface area contributed by atoms with Crippen LogP contribution < -0.4 is 5.32 Å². The minimum atomic E-state index is -4.71. The van der Waals surface area contributed by atoms with Gasteiger partial charge in [-0.05, 0) is 43.0 Å². The monoisotopic (exact) mass is 482 g/mol. The van der Waals surface area contributed by atoms with E-state index in [1.807, 2.05) is 0 Å².